The van der Waals surface area contributed by atoms with Crippen molar-refractivity contribution in [3.05, 3.63) is 76.0 Å². The van der Waals surface area contributed by atoms with Crippen LogP contribution in [0.4, 0.5) is 5.69 Å². The molecule has 0 saturated heterocycles. The topological polar surface area (TPSA) is 85.6 Å². The Morgan fingerprint density at radius 1 is 1.04 bits per heavy atom. The summed E-state index contributed by atoms with van der Waals surface area (Å²) in [5.41, 5.74) is 1.28. The minimum absolute atomic E-state index is 0.204. The lowest BCUT2D eigenvalue weighted by molar-refractivity contribution is -0.119. The highest BCUT2D eigenvalue weighted by Gasteiger charge is 2.13. The number of rotatable bonds is 6. The molecule has 1 amide bonds. The number of ether oxygens (including phenoxy) is 1. The number of hydrogen-bond acceptors (Lipinski definition) is 5. The van der Waals surface area contributed by atoms with E-state index in [0.29, 0.717) is 28.3 Å². The van der Waals surface area contributed by atoms with Crippen LogP contribution >= 0.6 is 23.2 Å². The standard InChI is InChI=1S/C20H13Cl2NO5/c21-15-2-1-3-16(19(15)22)23-18(25)11-27-20(26)13-6-4-12(5-7-13)17-9-8-14(10-24)28-17/h1-10H,11H2,(H,23,25). The predicted octanol–water partition coefficient (Wildman–Crippen LogP) is 4.86. The third-order valence-electron chi connectivity index (χ3n) is 3.71. The van der Waals surface area contributed by atoms with Gasteiger partial charge in [-0.1, -0.05) is 41.4 Å². The van der Waals surface area contributed by atoms with Gasteiger partial charge in [0.05, 0.1) is 21.3 Å². The fourth-order valence-electron chi connectivity index (χ4n) is 2.34. The zero-order valence-corrected chi connectivity index (χ0v) is 15.8. The maximum absolute atomic E-state index is 12.1. The van der Waals surface area contributed by atoms with Crippen LogP contribution in [0.1, 0.15) is 20.9 Å². The van der Waals surface area contributed by atoms with E-state index in [4.69, 9.17) is 32.4 Å². The Labute approximate surface area is 170 Å². The van der Waals surface area contributed by atoms with Crippen molar-refractivity contribution in [2.75, 3.05) is 11.9 Å². The molecule has 0 radical (unpaired) electrons. The highest BCUT2D eigenvalue weighted by molar-refractivity contribution is 6.44. The van der Waals surface area contributed by atoms with Crippen molar-refractivity contribution >= 4 is 47.1 Å². The second-order valence-corrected chi connectivity index (χ2v) is 6.41. The summed E-state index contributed by atoms with van der Waals surface area (Å²) >= 11 is 11.9. The smallest absolute Gasteiger partial charge is 0.338 e. The Balaban J connectivity index is 1.57. The van der Waals surface area contributed by atoms with Gasteiger partial charge in [-0.05, 0) is 36.4 Å². The number of amides is 1. The van der Waals surface area contributed by atoms with Crippen LogP contribution in [0.5, 0.6) is 0 Å². The zero-order chi connectivity index (χ0) is 20.1. The summed E-state index contributed by atoms with van der Waals surface area (Å²) in [7, 11) is 0. The van der Waals surface area contributed by atoms with Crippen molar-refractivity contribution in [3.8, 4) is 11.3 Å². The third-order valence-corrected chi connectivity index (χ3v) is 4.53. The number of carbonyl (C=O) groups excluding carboxylic acids is 3. The first-order valence-electron chi connectivity index (χ1n) is 8.04. The van der Waals surface area contributed by atoms with E-state index in [9.17, 15) is 14.4 Å². The molecule has 0 fully saturated rings. The fraction of sp³-hybridized carbons (Fsp3) is 0.0500. The molecular weight excluding hydrogens is 405 g/mol. The molecule has 6 nitrogen and oxygen atoms in total. The van der Waals surface area contributed by atoms with Crippen LogP contribution in [0.25, 0.3) is 11.3 Å². The molecule has 142 valence electrons. The summed E-state index contributed by atoms with van der Waals surface area (Å²) in [5, 5.41) is 3.03. The molecule has 2 aromatic carbocycles. The lowest BCUT2D eigenvalue weighted by Gasteiger charge is -2.09. The van der Waals surface area contributed by atoms with Crippen LogP contribution in [-0.4, -0.2) is 24.8 Å². The number of carbonyl (C=O) groups is 3. The Hall–Kier alpha value is -3.09. The molecule has 0 bridgehead atoms. The first-order valence-corrected chi connectivity index (χ1v) is 8.80. The Bertz CT molecular complexity index is 1030. The van der Waals surface area contributed by atoms with Gasteiger partial charge >= 0.3 is 5.97 Å². The molecule has 0 unspecified atom stereocenters. The molecular formula is C20H13Cl2NO5. The maximum atomic E-state index is 12.1. The minimum Gasteiger partial charge on any atom is -0.453 e. The molecule has 1 aromatic heterocycles. The fourth-order valence-corrected chi connectivity index (χ4v) is 2.69. The first kappa shape index (κ1) is 19.7. The van der Waals surface area contributed by atoms with Crippen molar-refractivity contribution in [1.82, 2.24) is 0 Å². The van der Waals surface area contributed by atoms with E-state index in [1.807, 2.05) is 0 Å². The van der Waals surface area contributed by atoms with Crippen molar-refractivity contribution < 1.29 is 23.5 Å². The molecule has 0 spiro atoms. The van der Waals surface area contributed by atoms with Gasteiger partial charge in [0, 0.05) is 5.56 Å². The maximum Gasteiger partial charge on any atom is 0.338 e. The summed E-state index contributed by atoms with van der Waals surface area (Å²) < 4.78 is 10.3. The van der Waals surface area contributed by atoms with E-state index in [0.717, 1.165) is 0 Å². The van der Waals surface area contributed by atoms with Crippen LogP contribution in [-0.2, 0) is 9.53 Å². The normalized spacial score (nSPS) is 10.4. The van der Waals surface area contributed by atoms with E-state index >= 15 is 0 Å². The lowest BCUT2D eigenvalue weighted by Crippen LogP contribution is -2.21. The third kappa shape index (κ3) is 4.60. The van der Waals surface area contributed by atoms with Crippen LogP contribution < -0.4 is 5.32 Å². The molecule has 0 aliphatic heterocycles. The first-order chi connectivity index (χ1) is 13.5. The van der Waals surface area contributed by atoms with Crippen molar-refractivity contribution in [2.24, 2.45) is 0 Å². The molecule has 1 N–H and O–H groups in total. The summed E-state index contributed by atoms with van der Waals surface area (Å²) in [6.45, 7) is -0.482. The van der Waals surface area contributed by atoms with E-state index < -0.39 is 18.5 Å². The highest BCUT2D eigenvalue weighted by atomic mass is 35.5. The number of esters is 1. The number of nitrogens with one attached hydrogen (secondary N) is 1. The molecule has 0 atom stereocenters. The van der Waals surface area contributed by atoms with Crippen LogP contribution in [0.3, 0.4) is 0 Å². The average molecular weight is 418 g/mol. The van der Waals surface area contributed by atoms with Gasteiger partial charge in [-0.15, -0.1) is 0 Å². The summed E-state index contributed by atoms with van der Waals surface area (Å²) in [4.78, 5) is 34.7. The van der Waals surface area contributed by atoms with Gasteiger partial charge in [0.25, 0.3) is 5.91 Å². The summed E-state index contributed by atoms with van der Waals surface area (Å²) in [6.07, 6.45) is 0.608. The van der Waals surface area contributed by atoms with Gasteiger partial charge in [0.1, 0.15) is 5.76 Å². The quantitative estimate of drug-likeness (QED) is 0.457. The number of benzene rings is 2. The number of furan rings is 1. The van der Waals surface area contributed by atoms with Gasteiger partial charge in [-0.3, -0.25) is 9.59 Å². The van der Waals surface area contributed by atoms with Gasteiger partial charge in [0.15, 0.2) is 18.7 Å². The van der Waals surface area contributed by atoms with Crippen molar-refractivity contribution in [1.29, 1.82) is 0 Å². The largest absolute Gasteiger partial charge is 0.453 e. The molecule has 28 heavy (non-hydrogen) atoms. The Morgan fingerprint density at radius 2 is 1.79 bits per heavy atom. The molecule has 0 aliphatic carbocycles. The van der Waals surface area contributed by atoms with Crippen molar-refractivity contribution in [2.45, 2.75) is 0 Å². The Kier molecular flexibility index (Phi) is 6.13. The monoisotopic (exact) mass is 417 g/mol. The molecule has 1 heterocycles. The van der Waals surface area contributed by atoms with Gasteiger partial charge in [-0.25, -0.2) is 4.79 Å². The highest BCUT2D eigenvalue weighted by Crippen LogP contribution is 2.29. The second kappa shape index (κ2) is 8.73. The predicted molar refractivity (Wildman–Crippen MR) is 105 cm³/mol. The van der Waals surface area contributed by atoms with Crippen LogP contribution in [0.15, 0.2) is 59.0 Å². The zero-order valence-electron chi connectivity index (χ0n) is 14.3. The molecule has 3 rings (SSSR count). The van der Waals surface area contributed by atoms with Gasteiger partial charge in [-0.2, -0.15) is 0 Å². The SMILES string of the molecule is O=Cc1ccc(-c2ccc(C(=O)OCC(=O)Nc3cccc(Cl)c3Cl)cc2)o1. The van der Waals surface area contributed by atoms with Crippen molar-refractivity contribution in [3.63, 3.8) is 0 Å². The van der Waals surface area contributed by atoms with E-state index in [-0.39, 0.29) is 16.3 Å². The number of halogens is 2. The summed E-state index contributed by atoms with van der Waals surface area (Å²) in [5.74, 6) is -0.498. The number of anilines is 1. The molecule has 8 heteroatoms. The van der Waals surface area contributed by atoms with E-state index in [2.05, 4.69) is 5.32 Å². The second-order valence-electron chi connectivity index (χ2n) is 5.62. The molecule has 0 saturated carbocycles. The number of aldehydes is 1. The lowest BCUT2D eigenvalue weighted by atomic mass is 10.1. The Morgan fingerprint density at radius 3 is 2.46 bits per heavy atom. The van der Waals surface area contributed by atoms with Crippen LogP contribution in [0.2, 0.25) is 10.0 Å². The summed E-state index contributed by atoms with van der Waals surface area (Å²) in [6, 6.07) is 14.4. The average Bonchev–Trinajstić information content (AvgIpc) is 3.19. The van der Waals surface area contributed by atoms with E-state index in [1.165, 1.54) is 12.1 Å². The molecule has 3 aromatic rings. The molecule has 0 aliphatic rings. The van der Waals surface area contributed by atoms with Gasteiger partial charge < -0.3 is 14.5 Å². The van der Waals surface area contributed by atoms with Gasteiger partial charge in [0.2, 0.25) is 0 Å². The number of hydrogen-bond donors (Lipinski definition) is 1. The van der Waals surface area contributed by atoms with Crippen LogP contribution in [0, 0.1) is 0 Å². The van der Waals surface area contributed by atoms with E-state index in [1.54, 1.807) is 42.5 Å². The minimum atomic E-state index is -0.660.